The van der Waals surface area contributed by atoms with Crippen LogP contribution in [0.3, 0.4) is 0 Å². The molecule has 4 aromatic rings. The van der Waals surface area contributed by atoms with Crippen LogP contribution in [0.1, 0.15) is 18.1 Å². The van der Waals surface area contributed by atoms with E-state index in [9.17, 15) is 0 Å². The van der Waals surface area contributed by atoms with Crippen LogP contribution in [0, 0.1) is 6.92 Å². The molecule has 0 aliphatic carbocycles. The predicted molar refractivity (Wildman–Crippen MR) is 121 cm³/mol. The van der Waals surface area contributed by atoms with Crippen molar-refractivity contribution in [3.05, 3.63) is 72.4 Å². The third kappa shape index (κ3) is 4.51. The van der Waals surface area contributed by atoms with Crippen LogP contribution in [-0.4, -0.2) is 39.1 Å². The molecule has 30 heavy (non-hydrogen) atoms. The van der Waals surface area contributed by atoms with Gasteiger partial charge in [0.25, 0.3) is 0 Å². The van der Waals surface area contributed by atoms with E-state index in [4.69, 9.17) is 0 Å². The van der Waals surface area contributed by atoms with Crippen LogP contribution in [0.2, 0.25) is 0 Å². The Hall–Kier alpha value is -3.61. The molecule has 2 aromatic heterocycles. The van der Waals surface area contributed by atoms with E-state index in [2.05, 4.69) is 72.4 Å². The zero-order valence-electron chi connectivity index (χ0n) is 17.4. The summed E-state index contributed by atoms with van der Waals surface area (Å²) in [5.74, 6) is 2.68. The lowest BCUT2D eigenvalue weighted by Gasteiger charge is -2.12. The summed E-state index contributed by atoms with van der Waals surface area (Å²) in [6.07, 6.45) is 2.83. The van der Waals surface area contributed by atoms with Gasteiger partial charge in [-0.2, -0.15) is 0 Å². The van der Waals surface area contributed by atoms with E-state index in [0.717, 1.165) is 53.9 Å². The fourth-order valence-corrected chi connectivity index (χ4v) is 3.53. The third-order valence-corrected chi connectivity index (χ3v) is 5.06. The van der Waals surface area contributed by atoms with Crippen molar-refractivity contribution in [3.63, 3.8) is 0 Å². The molecule has 0 aliphatic rings. The number of imidazole rings is 2. The number of hydrogen-bond donors (Lipinski definition) is 3. The summed E-state index contributed by atoms with van der Waals surface area (Å²) in [6, 6.07) is 18.4. The molecule has 0 bridgehead atoms. The molecule has 4 rings (SSSR count). The molecule has 0 saturated heterocycles. The van der Waals surface area contributed by atoms with Gasteiger partial charge in [0.1, 0.15) is 11.6 Å². The number of aromatic nitrogens is 4. The van der Waals surface area contributed by atoms with Gasteiger partial charge in [-0.05, 0) is 31.0 Å². The lowest BCUT2D eigenvalue weighted by Crippen LogP contribution is -2.37. The van der Waals surface area contributed by atoms with Gasteiger partial charge in [-0.15, -0.1) is 0 Å². The van der Waals surface area contributed by atoms with Gasteiger partial charge in [0, 0.05) is 20.1 Å². The highest BCUT2D eigenvalue weighted by atomic mass is 15.2. The minimum Gasteiger partial charge on any atom is -0.356 e. The highest BCUT2D eigenvalue weighted by Crippen LogP contribution is 2.16. The molecule has 0 atom stereocenters. The normalized spacial score (nSPS) is 11.7. The molecule has 154 valence electrons. The summed E-state index contributed by atoms with van der Waals surface area (Å²) in [6.45, 7) is 4.37. The lowest BCUT2D eigenvalue weighted by molar-refractivity contribution is 0.623. The summed E-state index contributed by atoms with van der Waals surface area (Å²) in [4.78, 5) is 16.7. The SMILES string of the molecule is CN=C(NCCCn1c(C)nc2ccccc21)NCc1ncc(-c2ccccc2)[nH]1. The summed E-state index contributed by atoms with van der Waals surface area (Å²) in [5, 5.41) is 6.68. The minimum atomic E-state index is 0.581. The minimum absolute atomic E-state index is 0.581. The maximum atomic E-state index is 4.63. The van der Waals surface area contributed by atoms with Crippen LogP contribution in [0.15, 0.2) is 65.8 Å². The van der Waals surface area contributed by atoms with E-state index in [1.54, 1.807) is 7.05 Å². The zero-order valence-corrected chi connectivity index (χ0v) is 17.4. The van der Waals surface area contributed by atoms with Crippen LogP contribution in [0.5, 0.6) is 0 Å². The van der Waals surface area contributed by atoms with E-state index in [1.807, 2.05) is 30.5 Å². The third-order valence-electron chi connectivity index (χ3n) is 5.06. The van der Waals surface area contributed by atoms with Crippen molar-refractivity contribution < 1.29 is 0 Å². The van der Waals surface area contributed by atoms with Gasteiger partial charge in [0.15, 0.2) is 5.96 Å². The smallest absolute Gasteiger partial charge is 0.191 e. The first kappa shape index (κ1) is 19.7. The average molecular weight is 402 g/mol. The van der Waals surface area contributed by atoms with Gasteiger partial charge >= 0.3 is 0 Å². The fraction of sp³-hybridized carbons (Fsp3) is 0.261. The van der Waals surface area contributed by atoms with Gasteiger partial charge in [0.2, 0.25) is 0 Å². The molecule has 0 aliphatic heterocycles. The number of nitrogens with one attached hydrogen (secondary N) is 3. The Morgan fingerprint density at radius 3 is 2.70 bits per heavy atom. The van der Waals surface area contributed by atoms with Crippen LogP contribution in [-0.2, 0) is 13.1 Å². The molecule has 0 radical (unpaired) electrons. The quantitative estimate of drug-likeness (QED) is 0.251. The lowest BCUT2D eigenvalue weighted by atomic mass is 10.2. The van der Waals surface area contributed by atoms with Crippen molar-refractivity contribution >= 4 is 17.0 Å². The molecule has 7 nitrogen and oxygen atoms in total. The van der Waals surface area contributed by atoms with Crippen LogP contribution in [0.25, 0.3) is 22.3 Å². The van der Waals surface area contributed by atoms with Gasteiger partial charge in [-0.3, -0.25) is 4.99 Å². The van der Waals surface area contributed by atoms with E-state index in [1.165, 1.54) is 5.52 Å². The molecule has 2 aromatic carbocycles. The molecule has 0 saturated carbocycles. The summed E-state index contributed by atoms with van der Waals surface area (Å²) >= 11 is 0. The second-order valence-electron chi connectivity index (χ2n) is 7.12. The number of para-hydroxylation sites is 2. The van der Waals surface area contributed by atoms with E-state index < -0.39 is 0 Å². The maximum Gasteiger partial charge on any atom is 0.191 e. The van der Waals surface area contributed by atoms with Crippen LogP contribution < -0.4 is 10.6 Å². The summed E-state index contributed by atoms with van der Waals surface area (Å²) in [5.41, 5.74) is 4.37. The molecule has 0 fully saturated rings. The van der Waals surface area contributed by atoms with Gasteiger partial charge < -0.3 is 20.2 Å². The van der Waals surface area contributed by atoms with Crippen LogP contribution in [0.4, 0.5) is 0 Å². The Morgan fingerprint density at radius 1 is 1.07 bits per heavy atom. The number of nitrogens with zero attached hydrogens (tertiary/aromatic N) is 4. The Balaban J connectivity index is 1.25. The molecule has 0 unspecified atom stereocenters. The second-order valence-corrected chi connectivity index (χ2v) is 7.12. The summed E-state index contributed by atoms with van der Waals surface area (Å²) < 4.78 is 2.27. The Labute approximate surface area is 176 Å². The van der Waals surface area contributed by atoms with Crippen molar-refractivity contribution in [1.29, 1.82) is 0 Å². The van der Waals surface area contributed by atoms with E-state index in [0.29, 0.717) is 6.54 Å². The maximum absolute atomic E-state index is 4.63. The average Bonchev–Trinajstić information content (AvgIpc) is 3.38. The Kier molecular flexibility index (Phi) is 6.08. The topological polar surface area (TPSA) is 82.9 Å². The summed E-state index contributed by atoms with van der Waals surface area (Å²) in [7, 11) is 1.78. The Morgan fingerprint density at radius 2 is 1.87 bits per heavy atom. The van der Waals surface area contributed by atoms with Gasteiger partial charge in [-0.25, -0.2) is 9.97 Å². The number of benzene rings is 2. The van der Waals surface area contributed by atoms with Crippen molar-refractivity contribution in [2.75, 3.05) is 13.6 Å². The first-order chi connectivity index (χ1) is 14.7. The number of aromatic amines is 1. The van der Waals surface area contributed by atoms with Crippen molar-refractivity contribution in [2.45, 2.75) is 26.4 Å². The monoisotopic (exact) mass is 401 g/mol. The molecule has 2 heterocycles. The Bertz CT molecular complexity index is 1120. The van der Waals surface area contributed by atoms with E-state index >= 15 is 0 Å². The van der Waals surface area contributed by atoms with Gasteiger partial charge in [0.05, 0.1) is 29.5 Å². The standard InChI is InChI=1S/C23H27N7/c1-17-28-19-11-6-7-12-21(19)30(17)14-8-13-25-23(24-2)27-16-22-26-15-20(29-22)18-9-4-3-5-10-18/h3-7,9-12,15H,8,13-14,16H2,1-2H3,(H,26,29)(H2,24,25,27). The number of guanidine groups is 1. The van der Waals surface area contributed by atoms with Crippen molar-refractivity contribution in [3.8, 4) is 11.3 Å². The number of rotatable bonds is 7. The zero-order chi connectivity index (χ0) is 20.8. The van der Waals surface area contributed by atoms with E-state index in [-0.39, 0.29) is 0 Å². The fourth-order valence-electron chi connectivity index (χ4n) is 3.53. The first-order valence-corrected chi connectivity index (χ1v) is 10.2. The molecule has 7 heteroatoms. The molecule has 3 N–H and O–H groups in total. The number of aryl methyl sites for hydroxylation is 2. The molecular weight excluding hydrogens is 374 g/mol. The predicted octanol–water partition coefficient (Wildman–Crippen LogP) is 3.49. The largest absolute Gasteiger partial charge is 0.356 e. The first-order valence-electron chi connectivity index (χ1n) is 10.2. The van der Waals surface area contributed by atoms with Crippen LogP contribution >= 0.6 is 0 Å². The van der Waals surface area contributed by atoms with Crippen molar-refractivity contribution in [1.82, 2.24) is 30.2 Å². The highest BCUT2D eigenvalue weighted by molar-refractivity contribution is 5.79. The second kappa shape index (κ2) is 9.26. The molecular formula is C23H27N7. The number of aliphatic imine (C=N–C) groups is 1. The van der Waals surface area contributed by atoms with Gasteiger partial charge in [-0.1, -0.05) is 42.5 Å². The highest BCUT2D eigenvalue weighted by Gasteiger charge is 2.07. The number of H-pyrrole nitrogens is 1. The molecule has 0 spiro atoms. The number of hydrogen-bond acceptors (Lipinski definition) is 3. The van der Waals surface area contributed by atoms with Crippen molar-refractivity contribution in [2.24, 2.45) is 4.99 Å². The molecule has 0 amide bonds. The number of fused-ring (bicyclic) bond motifs is 1.